The van der Waals surface area contributed by atoms with Crippen molar-refractivity contribution in [3.05, 3.63) is 17.8 Å². The van der Waals surface area contributed by atoms with E-state index >= 15 is 0 Å². The van der Waals surface area contributed by atoms with E-state index in [1.807, 2.05) is 20.8 Å². The maximum absolute atomic E-state index is 12.0. The van der Waals surface area contributed by atoms with E-state index < -0.39 is 12.0 Å². The van der Waals surface area contributed by atoms with Crippen molar-refractivity contribution in [3.63, 3.8) is 0 Å². The molecule has 21 heavy (non-hydrogen) atoms. The van der Waals surface area contributed by atoms with Gasteiger partial charge in [0.15, 0.2) is 0 Å². The summed E-state index contributed by atoms with van der Waals surface area (Å²) in [7, 11) is 1.27. The Labute approximate surface area is 124 Å². The number of aromatic nitrogens is 1. The predicted molar refractivity (Wildman–Crippen MR) is 81.0 cm³/mol. The third kappa shape index (κ3) is 4.94. The maximum Gasteiger partial charge on any atom is 0.341 e. The monoisotopic (exact) mass is 294 g/mol. The van der Waals surface area contributed by atoms with Crippen molar-refractivity contribution in [1.82, 2.24) is 10.3 Å². The number of nitrogens with one attached hydrogen (secondary N) is 2. The van der Waals surface area contributed by atoms with Crippen LogP contribution in [0.3, 0.4) is 0 Å². The van der Waals surface area contributed by atoms with Gasteiger partial charge in [0.05, 0.1) is 19.0 Å². The topological polar surface area (TPSA) is 106 Å². The minimum Gasteiger partial charge on any atom is -0.465 e. The second kappa shape index (κ2) is 6.43. The van der Waals surface area contributed by atoms with Crippen molar-refractivity contribution < 1.29 is 14.3 Å². The number of ether oxygens (including phenoxy) is 1. The molecule has 1 aromatic heterocycles. The molecule has 0 fully saturated rings. The van der Waals surface area contributed by atoms with E-state index in [9.17, 15) is 9.59 Å². The molecule has 0 saturated carbocycles. The van der Waals surface area contributed by atoms with Crippen LogP contribution in [-0.2, 0) is 9.53 Å². The lowest BCUT2D eigenvalue weighted by Crippen LogP contribution is -2.47. The van der Waals surface area contributed by atoms with Gasteiger partial charge in [0.25, 0.3) is 0 Å². The Balaban J connectivity index is 2.92. The van der Waals surface area contributed by atoms with Crippen molar-refractivity contribution in [3.8, 4) is 0 Å². The Morgan fingerprint density at radius 1 is 1.38 bits per heavy atom. The number of nitrogens with zero attached hydrogens (tertiary/aromatic N) is 1. The standard InChI is InChI=1S/C14H22N4O3/c1-8(12(19)18-14(2,3)4)17-11-10(13(20)21-5)6-9(15)7-16-11/h6-8H,15H2,1-5H3,(H,16,17)(H,18,19). The molecule has 0 saturated heterocycles. The summed E-state index contributed by atoms with van der Waals surface area (Å²) in [5.41, 5.74) is 5.80. The average molecular weight is 294 g/mol. The van der Waals surface area contributed by atoms with Gasteiger partial charge in [-0.1, -0.05) is 0 Å². The molecule has 7 nitrogen and oxygen atoms in total. The van der Waals surface area contributed by atoms with Crippen LogP contribution < -0.4 is 16.4 Å². The number of nitrogen functional groups attached to an aromatic ring is 1. The fraction of sp³-hybridized carbons (Fsp3) is 0.500. The molecule has 4 N–H and O–H groups in total. The largest absolute Gasteiger partial charge is 0.465 e. The van der Waals surface area contributed by atoms with Crippen LogP contribution in [0.2, 0.25) is 0 Å². The number of esters is 1. The Morgan fingerprint density at radius 2 is 2.00 bits per heavy atom. The van der Waals surface area contributed by atoms with Crippen LogP contribution in [0.4, 0.5) is 11.5 Å². The third-order valence-corrected chi connectivity index (χ3v) is 2.56. The number of amides is 1. The average Bonchev–Trinajstić information content (AvgIpc) is 2.37. The SMILES string of the molecule is COC(=O)c1cc(N)cnc1NC(C)C(=O)NC(C)(C)C. The van der Waals surface area contributed by atoms with Crippen molar-refractivity contribution in [2.45, 2.75) is 39.3 Å². The van der Waals surface area contributed by atoms with Crippen LogP contribution in [0, 0.1) is 0 Å². The van der Waals surface area contributed by atoms with Crippen molar-refractivity contribution >= 4 is 23.4 Å². The smallest absolute Gasteiger partial charge is 0.341 e. The summed E-state index contributed by atoms with van der Waals surface area (Å²) in [5, 5.41) is 5.74. The van der Waals surface area contributed by atoms with E-state index in [4.69, 9.17) is 5.73 Å². The van der Waals surface area contributed by atoms with E-state index in [0.717, 1.165) is 0 Å². The van der Waals surface area contributed by atoms with Crippen LogP contribution in [-0.4, -0.2) is 35.6 Å². The molecule has 0 bridgehead atoms. The molecule has 0 aliphatic rings. The molecule has 1 amide bonds. The third-order valence-electron chi connectivity index (χ3n) is 2.56. The molecule has 1 unspecified atom stereocenters. The number of hydrogen-bond acceptors (Lipinski definition) is 6. The molecule has 1 atom stereocenters. The highest BCUT2D eigenvalue weighted by atomic mass is 16.5. The predicted octanol–water partition coefficient (Wildman–Crippen LogP) is 1.17. The summed E-state index contributed by atoms with van der Waals surface area (Å²) < 4.78 is 4.68. The summed E-state index contributed by atoms with van der Waals surface area (Å²) in [6.07, 6.45) is 1.41. The summed E-state index contributed by atoms with van der Waals surface area (Å²) in [6, 6.07) is 0.888. The van der Waals surface area contributed by atoms with Gasteiger partial charge in [-0.2, -0.15) is 0 Å². The van der Waals surface area contributed by atoms with Gasteiger partial charge in [0, 0.05) is 5.54 Å². The van der Waals surface area contributed by atoms with E-state index in [2.05, 4.69) is 20.4 Å². The van der Waals surface area contributed by atoms with Gasteiger partial charge in [-0.05, 0) is 33.8 Å². The van der Waals surface area contributed by atoms with E-state index in [-0.39, 0.29) is 22.8 Å². The fourth-order valence-corrected chi connectivity index (χ4v) is 1.61. The number of hydrogen-bond donors (Lipinski definition) is 3. The molecule has 0 spiro atoms. The first-order valence-corrected chi connectivity index (χ1v) is 6.56. The molecule has 1 aromatic rings. The number of pyridine rings is 1. The zero-order chi connectivity index (χ0) is 16.2. The van der Waals surface area contributed by atoms with Crippen molar-refractivity contribution in [2.24, 2.45) is 0 Å². The normalized spacial score (nSPS) is 12.4. The Hall–Kier alpha value is -2.31. The van der Waals surface area contributed by atoms with Crippen LogP contribution >= 0.6 is 0 Å². The van der Waals surface area contributed by atoms with Crippen LogP contribution in [0.15, 0.2) is 12.3 Å². The fourth-order valence-electron chi connectivity index (χ4n) is 1.61. The number of carbonyl (C=O) groups excluding carboxylic acids is 2. The van der Waals surface area contributed by atoms with Gasteiger partial charge >= 0.3 is 5.97 Å². The summed E-state index contributed by atoms with van der Waals surface area (Å²) in [5.74, 6) is -0.509. The molecular formula is C14H22N4O3. The van der Waals surface area contributed by atoms with Crippen molar-refractivity contribution in [2.75, 3.05) is 18.2 Å². The second-order valence-corrected chi connectivity index (χ2v) is 5.76. The zero-order valence-electron chi connectivity index (χ0n) is 13.0. The zero-order valence-corrected chi connectivity index (χ0v) is 13.0. The molecule has 0 aromatic carbocycles. The number of nitrogens with two attached hydrogens (primary N) is 1. The van der Waals surface area contributed by atoms with Gasteiger partial charge in [-0.15, -0.1) is 0 Å². The first-order valence-electron chi connectivity index (χ1n) is 6.56. The molecular weight excluding hydrogens is 272 g/mol. The molecule has 1 heterocycles. The van der Waals surface area contributed by atoms with Crippen LogP contribution in [0.5, 0.6) is 0 Å². The van der Waals surface area contributed by atoms with Gasteiger partial charge in [0.2, 0.25) is 5.91 Å². The number of anilines is 2. The number of rotatable bonds is 4. The van der Waals surface area contributed by atoms with Crippen LogP contribution in [0.25, 0.3) is 0 Å². The first-order chi connectivity index (χ1) is 9.64. The molecule has 0 aliphatic heterocycles. The first kappa shape index (κ1) is 16.7. The molecule has 0 aliphatic carbocycles. The van der Waals surface area contributed by atoms with Gasteiger partial charge in [-0.25, -0.2) is 9.78 Å². The van der Waals surface area contributed by atoms with Crippen LogP contribution in [0.1, 0.15) is 38.1 Å². The summed E-state index contributed by atoms with van der Waals surface area (Å²) in [6.45, 7) is 7.34. The maximum atomic E-state index is 12.0. The Morgan fingerprint density at radius 3 is 2.52 bits per heavy atom. The Bertz CT molecular complexity index is 538. The highest BCUT2D eigenvalue weighted by Crippen LogP contribution is 2.17. The molecule has 116 valence electrons. The van der Waals surface area contributed by atoms with E-state index in [0.29, 0.717) is 5.69 Å². The van der Waals surface area contributed by atoms with Gasteiger partial charge < -0.3 is 21.1 Å². The van der Waals surface area contributed by atoms with Gasteiger partial charge in [-0.3, -0.25) is 4.79 Å². The second-order valence-electron chi connectivity index (χ2n) is 5.76. The molecule has 1 rings (SSSR count). The van der Waals surface area contributed by atoms with E-state index in [1.165, 1.54) is 19.4 Å². The molecule has 0 radical (unpaired) electrons. The summed E-state index contributed by atoms with van der Waals surface area (Å²) in [4.78, 5) is 27.8. The molecule has 7 heteroatoms. The quantitative estimate of drug-likeness (QED) is 0.720. The van der Waals surface area contributed by atoms with E-state index in [1.54, 1.807) is 6.92 Å². The minimum atomic E-state index is -0.569. The Kier molecular flexibility index (Phi) is 5.12. The lowest BCUT2D eigenvalue weighted by atomic mass is 10.1. The van der Waals surface area contributed by atoms with Gasteiger partial charge in [0.1, 0.15) is 17.4 Å². The number of methoxy groups -OCH3 is 1. The summed E-state index contributed by atoms with van der Waals surface area (Å²) >= 11 is 0. The highest BCUT2D eigenvalue weighted by Gasteiger charge is 2.22. The highest BCUT2D eigenvalue weighted by molar-refractivity contribution is 5.96. The number of carbonyl (C=O) groups is 2. The lowest BCUT2D eigenvalue weighted by Gasteiger charge is -2.24. The minimum absolute atomic E-state index is 0.188. The van der Waals surface area contributed by atoms with Crippen molar-refractivity contribution in [1.29, 1.82) is 0 Å². The lowest BCUT2D eigenvalue weighted by molar-refractivity contribution is -0.122.